The second-order valence-corrected chi connectivity index (χ2v) is 4.19. The predicted octanol–water partition coefficient (Wildman–Crippen LogP) is 0.371. The van der Waals surface area contributed by atoms with Crippen molar-refractivity contribution in [2.24, 2.45) is 10.8 Å². The summed E-state index contributed by atoms with van der Waals surface area (Å²) in [6.07, 6.45) is 3.57. The maximum atomic E-state index is 5.40. The standard InChI is InChI=1S/C10H22N4O/c1-7(2)12-10(14-11)13-8-5-4-6-9(8)15-3/h7-9H,4-6,11H2,1-3H3,(H2,12,13,14). The average Bonchev–Trinajstić information content (AvgIpc) is 2.63. The van der Waals surface area contributed by atoms with Crippen LogP contribution in [0.4, 0.5) is 0 Å². The van der Waals surface area contributed by atoms with Crippen LogP contribution in [0.25, 0.3) is 0 Å². The minimum absolute atomic E-state index is 0.229. The predicted molar refractivity (Wildman–Crippen MR) is 61.5 cm³/mol. The van der Waals surface area contributed by atoms with Crippen LogP contribution in [-0.4, -0.2) is 31.3 Å². The van der Waals surface area contributed by atoms with Gasteiger partial charge >= 0.3 is 0 Å². The van der Waals surface area contributed by atoms with Gasteiger partial charge < -0.3 is 10.1 Å². The number of aliphatic imine (C=N–C) groups is 1. The zero-order chi connectivity index (χ0) is 11.3. The number of rotatable bonds is 3. The third-order valence-corrected chi connectivity index (χ3v) is 2.58. The molecule has 5 heteroatoms. The number of methoxy groups -OCH3 is 1. The molecule has 1 aliphatic carbocycles. The van der Waals surface area contributed by atoms with Gasteiger partial charge in [0.15, 0.2) is 0 Å². The molecule has 1 rings (SSSR count). The molecule has 0 aromatic carbocycles. The Labute approximate surface area is 91.4 Å². The Balaban J connectivity index is 2.57. The van der Waals surface area contributed by atoms with Gasteiger partial charge in [-0.25, -0.2) is 10.8 Å². The zero-order valence-corrected chi connectivity index (χ0v) is 9.79. The number of nitrogens with two attached hydrogens (primary N) is 1. The van der Waals surface area contributed by atoms with Gasteiger partial charge in [0, 0.05) is 13.2 Å². The summed E-state index contributed by atoms with van der Waals surface area (Å²) in [5, 5.41) is 3.16. The first-order chi connectivity index (χ1) is 7.17. The Morgan fingerprint density at radius 3 is 2.73 bits per heavy atom. The van der Waals surface area contributed by atoms with Crippen LogP contribution >= 0.6 is 0 Å². The lowest BCUT2D eigenvalue weighted by Gasteiger charge is -2.18. The van der Waals surface area contributed by atoms with Crippen LogP contribution in [-0.2, 0) is 4.74 Å². The van der Waals surface area contributed by atoms with Crippen LogP contribution in [0, 0.1) is 0 Å². The summed E-state index contributed by atoms with van der Waals surface area (Å²) < 4.78 is 5.37. The van der Waals surface area contributed by atoms with Gasteiger partial charge in [0.05, 0.1) is 12.1 Å². The fourth-order valence-corrected chi connectivity index (χ4v) is 1.88. The van der Waals surface area contributed by atoms with Crippen molar-refractivity contribution in [3.8, 4) is 0 Å². The first-order valence-corrected chi connectivity index (χ1v) is 5.51. The van der Waals surface area contributed by atoms with Gasteiger partial charge in [0.25, 0.3) is 0 Å². The Morgan fingerprint density at radius 1 is 1.47 bits per heavy atom. The Kier molecular flexibility index (Phi) is 4.84. The number of guanidine groups is 1. The number of hydrogen-bond donors (Lipinski definition) is 3. The van der Waals surface area contributed by atoms with Gasteiger partial charge in [-0.1, -0.05) is 0 Å². The van der Waals surface area contributed by atoms with Crippen molar-refractivity contribution < 1.29 is 4.74 Å². The second-order valence-electron chi connectivity index (χ2n) is 4.19. The molecule has 0 spiro atoms. The highest BCUT2D eigenvalue weighted by Crippen LogP contribution is 2.24. The van der Waals surface area contributed by atoms with Crippen molar-refractivity contribution in [3.63, 3.8) is 0 Å². The van der Waals surface area contributed by atoms with Crippen LogP contribution in [0.15, 0.2) is 4.99 Å². The third kappa shape index (κ3) is 3.68. The van der Waals surface area contributed by atoms with Crippen molar-refractivity contribution in [1.29, 1.82) is 0 Å². The lowest BCUT2D eigenvalue weighted by atomic mass is 10.2. The smallest absolute Gasteiger partial charge is 0.206 e. The van der Waals surface area contributed by atoms with E-state index in [2.05, 4.69) is 29.6 Å². The van der Waals surface area contributed by atoms with Crippen molar-refractivity contribution in [3.05, 3.63) is 0 Å². The zero-order valence-electron chi connectivity index (χ0n) is 9.79. The van der Waals surface area contributed by atoms with Gasteiger partial charge in [-0.05, 0) is 33.1 Å². The minimum Gasteiger partial charge on any atom is -0.379 e. The highest BCUT2D eigenvalue weighted by atomic mass is 16.5. The van der Waals surface area contributed by atoms with Crippen LogP contribution in [0.1, 0.15) is 33.1 Å². The van der Waals surface area contributed by atoms with Crippen molar-refractivity contribution in [1.82, 2.24) is 10.7 Å². The van der Waals surface area contributed by atoms with E-state index in [1.807, 2.05) is 0 Å². The van der Waals surface area contributed by atoms with E-state index >= 15 is 0 Å². The quantitative estimate of drug-likeness (QED) is 0.275. The Bertz CT molecular complexity index is 217. The molecule has 0 aromatic heterocycles. The molecule has 88 valence electrons. The second kappa shape index (κ2) is 5.92. The van der Waals surface area contributed by atoms with Crippen molar-refractivity contribution in [2.75, 3.05) is 7.11 Å². The molecule has 1 fully saturated rings. The molecule has 15 heavy (non-hydrogen) atoms. The van der Waals surface area contributed by atoms with E-state index in [1.54, 1.807) is 7.11 Å². The SMILES string of the molecule is COC1CCCC1N=C(NN)NC(C)C. The van der Waals surface area contributed by atoms with Gasteiger partial charge in [-0.2, -0.15) is 0 Å². The van der Waals surface area contributed by atoms with E-state index in [4.69, 9.17) is 10.6 Å². The van der Waals surface area contributed by atoms with Crippen LogP contribution in [0.3, 0.4) is 0 Å². The first kappa shape index (κ1) is 12.3. The molecule has 2 unspecified atom stereocenters. The van der Waals surface area contributed by atoms with Crippen molar-refractivity contribution >= 4 is 5.96 Å². The van der Waals surface area contributed by atoms with E-state index in [-0.39, 0.29) is 12.1 Å². The largest absolute Gasteiger partial charge is 0.379 e. The summed E-state index contributed by atoms with van der Waals surface area (Å²) in [7, 11) is 1.74. The highest BCUT2D eigenvalue weighted by molar-refractivity contribution is 5.79. The molecule has 5 nitrogen and oxygen atoms in total. The van der Waals surface area contributed by atoms with E-state index in [9.17, 15) is 0 Å². The molecule has 0 bridgehead atoms. The average molecular weight is 214 g/mol. The number of nitrogens with one attached hydrogen (secondary N) is 2. The maximum Gasteiger partial charge on any atom is 0.206 e. The van der Waals surface area contributed by atoms with Crippen LogP contribution in [0.2, 0.25) is 0 Å². The van der Waals surface area contributed by atoms with Gasteiger partial charge in [-0.3, -0.25) is 5.43 Å². The van der Waals surface area contributed by atoms with Gasteiger partial charge in [0.2, 0.25) is 5.96 Å². The molecule has 2 atom stereocenters. The molecule has 1 aliphatic rings. The molecule has 0 aliphatic heterocycles. The number of hydrogen-bond acceptors (Lipinski definition) is 3. The lowest BCUT2D eigenvalue weighted by molar-refractivity contribution is 0.0964. The van der Waals surface area contributed by atoms with Crippen LogP contribution < -0.4 is 16.6 Å². The fourth-order valence-electron chi connectivity index (χ4n) is 1.88. The molecule has 4 N–H and O–H groups in total. The van der Waals surface area contributed by atoms with Crippen molar-refractivity contribution in [2.45, 2.75) is 51.3 Å². The fraction of sp³-hybridized carbons (Fsp3) is 0.900. The summed E-state index contributed by atoms with van der Waals surface area (Å²) in [6, 6.07) is 0.550. The monoisotopic (exact) mass is 214 g/mol. The Morgan fingerprint density at radius 2 is 2.20 bits per heavy atom. The summed E-state index contributed by atoms with van der Waals surface area (Å²) in [4.78, 5) is 4.53. The lowest BCUT2D eigenvalue weighted by Crippen LogP contribution is -2.45. The van der Waals surface area contributed by atoms with Gasteiger partial charge in [-0.15, -0.1) is 0 Å². The molecule has 0 radical (unpaired) electrons. The molecule has 1 saturated carbocycles. The van der Waals surface area contributed by atoms with E-state index < -0.39 is 0 Å². The maximum absolute atomic E-state index is 5.40. The normalized spacial score (nSPS) is 27.1. The van der Waals surface area contributed by atoms with Crippen LogP contribution in [0.5, 0.6) is 0 Å². The number of hydrazine groups is 1. The van der Waals surface area contributed by atoms with Gasteiger partial charge in [0.1, 0.15) is 0 Å². The van der Waals surface area contributed by atoms with E-state index in [0.29, 0.717) is 12.0 Å². The Hall–Kier alpha value is -0.810. The topological polar surface area (TPSA) is 71.7 Å². The molecule has 0 heterocycles. The summed E-state index contributed by atoms with van der Waals surface area (Å²) in [5.74, 6) is 6.05. The molecule has 0 amide bonds. The highest BCUT2D eigenvalue weighted by Gasteiger charge is 2.27. The molecular formula is C10H22N4O. The molecular weight excluding hydrogens is 192 g/mol. The summed E-state index contributed by atoms with van der Waals surface area (Å²) in [6.45, 7) is 4.10. The molecule has 0 saturated heterocycles. The molecule has 0 aromatic rings. The van der Waals surface area contributed by atoms with E-state index in [1.165, 1.54) is 6.42 Å². The van der Waals surface area contributed by atoms with E-state index in [0.717, 1.165) is 12.8 Å². The third-order valence-electron chi connectivity index (χ3n) is 2.58. The first-order valence-electron chi connectivity index (χ1n) is 5.51. The minimum atomic E-state index is 0.229. The summed E-state index contributed by atoms with van der Waals surface area (Å²) >= 11 is 0. The number of nitrogens with zero attached hydrogens (tertiary/aromatic N) is 1. The number of ether oxygens (including phenoxy) is 1. The summed E-state index contributed by atoms with van der Waals surface area (Å²) in [5.41, 5.74) is 2.59.